The molecule has 0 spiro atoms. The number of hydrogen-bond acceptors (Lipinski definition) is 3. The molecule has 3 rings (SSSR count). The number of halogens is 1. The van der Waals surface area contributed by atoms with E-state index in [0.717, 1.165) is 23.1 Å². The predicted octanol–water partition coefficient (Wildman–Crippen LogP) is 2.85. The first-order chi connectivity index (χ1) is 9.74. The van der Waals surface area contributed by atoms with E-state index in [9.17, 15) is 4.79 Å². The molecule has 0 aliphatic carbocycles. The number of nitrogens with zero attached hydrogens (tertiary/aromatic N) is 2. The fourth-order valence-electron chi connectivity index (χ4n) is 2.34. The van der Waals surface area contributed by atoms with Crippen LogP contribution in [0.4, 0.5) is 11.5 Å². The lowest BCUT2D eigenvalue weighted by atomic mass is 10.2. The van der Waals surface area contributed by atoms with Crippen LogP contribution in [-0.4, -0.2) is 24.0 Å². The quantitative estimate of drug-likeness (QED) is 0.940. The Labute approximate surface area is 126 Å². The molecule has 102 valence electrons. The van der Waals surface area contributed by atoms with Gasteiger partial charge >= 0.3 is 0 Å². The van der Waals surface area contributed by atoms with Gasteiger partial charge in [0.15, 0.2) is 0 Å². The zero-order chi connectivity index (χ0) is 13.9. The molecule has 0 fully saturated rings. The summed E-state index contributed by atoms with van der Waals surface area (Å²) in [5, 5.41) is 3.06. The van der Waals surface area contributed by atoms with Crippen molar-refractivity contribution >= 4 is 33.3 Å². The van der Waals surface area contributed by atoms with Crippen molar-refractivity contribution in [3.8, 4) is 0 Å². The zero-order valence-corrected chi connectivity index (χ0v) is 12.4. The van der Waals surface area contributed by atoms with Gasteiger partial charge in [0.2, 0.25) is 5.91 Å². The highest BCUT2D eigenvalue weighted by atomic mass is 79.9. The number of benzene rings is 1. The molecule has 5 heteroatoms. The highest BCUT2D eigenvalue weighted by molar-refractivity contribution is 9.10. The first-order valence-electron chi connectivity index (χ1n) is 6.48. The lowest BCUT2D eigenvalue weighted by Crippen LogP contribution is -2.34. The van der Waals surface area contributed by atoms with Crippen LogP contribution in [0.15, 0.2) is 47.1 Å². The molecule has 0 radical (unpaired) electrons. The number of hydrogen-bond donors (Lipinski definition) is 1. The third kappa shape index (κ3) is 2.67. The summed E-state index contributed by atoms with van der Waals surface area (Å²) in [6, 6.07) is 11.8. The van der Waals surface area contributed by atoms with Crippen LogP contribution in [0.25, 0.3) is 0 Å². The molecule has 1 aromatic carbocycles. The number of carbonyl (C=O) groups is 1. The fourth-order valence-corrected chi connectivity index (χ4v) is 2.57. The van der Waals surface area contributed by atoms with Gasteiger partial charge in [0, 0.05) is 22.9 Å². The molecule has 0 unspecified atom stereocenters. The van der Waals surface area contributed by atoms with Crippen molar-refractivity contribution in [2.75, 3.05) is 23.3 Å². The van der Waals surface area contributed by atoms with Gasteiger partial charge in [-0.25, -0.2) is 4.98 Å². The minimum atomic E-state index is 0.0691. The summed E-state index contributed by atoms with van der Waals surface area (Å²) < 4.78 is 0.919. The van der Waals surface area contributed by atoms with Gasteiger partial charge in [-0.3, -0.25) is 4.79 Å². The van der Waals surface area contributed by atoms with Gasteiger partial charge in [0.1, 0.15) is 5.82 Å². The Morgan fingerprint density at radius 1 is 1.30 bits per heavy atom. The topological polar surface area (TPSA) is 45.2 Å². The average Bonchev–Trinajstić information content (AvgIpc) is 2.90. The monoisotopic (exact) mass is 331 g/mol. The Hall–Kier alpha value is -1.88. The van der Waals surface area contributed by atoms with Crippen molar-refractivity contribution in [3.63, 3.8) is 0 Å². The van der Waals surface area contributed by atoms with Crippen LogP contribution in [0, 0.1) is 0 Å². The van der Waals surface area contributed by atoms with Crippen molar-refractivity contribution < 1.29 is 4.79 Å². The van der Waals surface area contributed by atoms with Gasteiger partial charge in [-0.15, -0.1) is 0 Å². The maximum Gasteiger partial charge on any atom is 0.246 e. The normalized spacial score (nSPS) is 13.2. The maximum absolute atomic E-state index is 12.3. The highest BCUT2D eigenvalue weighted by Gasteiger charge is 2.23. The molecule has 0 saturated heterocycles. The van der Waals surface area contributed by atoms with E-state index in [-0.39, 0.29) is 12.5 Å². The summed E-state index contributed by atoms with van der Waals surface area (Å²) in [7, 11) is 0. The van der Waals surface area contributed by atoms with Crippen molar-refractivity contribution in [3.05, 3.63) is 52.6 Å². The second kappa shape index (κ2) is 5.63. The van der Waals surface area contributed by atoms with E-state index in [2.05, 4.69) is 32.3 Å². The molecule has 0 bridgehead atoms. The lowest BCUT2D eigenvalue weighted by Gasteiger charge is -2.17. The van der Waals surface area contributed by atoms with E-state index < -0.39 is 0 Å². The van der Waals surface area contributed by atoms with Gasteiger partial charge < -0.3 is 10.2 Å². The molecule has 2 heterocycles. The van der Waals surface area contributed by atoms with E-state index in [1.807, 2.05) is 35.2 Å². The van der Waals surface area contributed by atoms with Crippen LogP contribution in [-0.2, 0) is 11.2 Å². The maximum atomic E-state index is 12.3. The van der Waals surface area contributed by atoms with E-state index in [1.165, 1.54) is 5.56 Å². The first-order valence-corrected chi connectivity index (χ1v) is 7.27. The molecule has 1 aliphatic heterocycles. The summed E-state index contributed by atoms with van der Waals surface area (Å²) >= 11 is 3.33. The van der Waals surface area contributed by atoms with Gasteiger partial charge in [-0.1, -0.05) is 18.2 Å². The van der Waals surface area contributed by atoms with Crippen LogP contribution in [0.2, 0.25) is 0 Å². The summed E-state index contributed by atoms with van der Waals surface area (Å²) in [6.07, 6.45) is 2.64. The van der Waals surface area contributed by atoms with Crippen LogP contribution in [0.1, 0.15) is 5.56 Å². The second-order valence-electron chi connectivity index (χ2n) is 4.64. The van der Waals surface area contributed by atoms with E-state index in [4.69, 9.17) is 0 Å². The molecule has 0 saturated carbocycles. The molecule has 1 amide bonds. The Morgan fingerprint density at radius 2 is 2.15 bits per heavy atom. The second-order valence-corrected chi connectivity index (χ2v) is 5.55. The molecule has 20 heavy (non-hydrogen) atoms. The molecule has 1 aromatic heterocycles. The summed E-state index contributed by atoms with van der Waals surface area (Å²) in [5.74, 6) is 0.772. The number of para-hydroxylation sites is 1. The Morgan fingerprint density at radius 3 is 2.95 bits per heavy atom. The van der Waals surface area contributed by atoms with Gasteiger partial charge in [0.25, 0.3) is 0 Å². The number of carbonyl (C=O) groups excluding carboxylic acids is 1. The lowest BCUT2D eigenvalue weighted by molar-refractivity contribution is -0.116. The summed E-state index contributed by atoms with van der Waals surface area (Å²) in [5.41, 5.74) is 2.27. The van der Waals surface area contributed by atoms with E-state index >= 15 is 0 Å². The smallest absolute Gasteiger partial charge is 0.246 e. The Kier molecular flexibility index (Phi) is 3.69. The van der Waals surface area contributed by atoms with Gasteiger partial charge in [0.05, 0.1) is 6.54 Å². The number of aromatic nitrogens is 1. The Balaban J connectivity index is 1.65. The number of fused-ring (bicyclic) bond motifs is 1. The third-order valence-electron chi connectivity index (χ3n) is 3.34. The largest absolute Gasteiger partial charge is 0.361 e. The summed E-state index contributed by atoms with van der Waals surface area (Å²) in [4.78, 5) is 18.3. The minimum absolute atomic E-state index is 0.0691. The molecule has 1 N–H and O–H groups in total. The van der Waals surface area contributed by atoms with E-state index in [0.29, 0.717) is 5.82 Å². The Bertz CT molecular complexity index is 627. The number of anilines is 2. The van der Waals surface area contributed by atoms with Crippen LogP contribution >= 0.6 is 15.9 Å². The van der Waals surface area contributed by atoms with Crippen molar-refractivity contribution in [1.29, 1.82) is 0 Å². The molecule has 0 atom stereocenters. The zero-order valence-electron chi connectivity index (χ0n) is 10.8. The molecule has 4 nitrogen and oxygen atoms in total. The molecule has 1 aliphatic rings. The van der Waals surface area contributed by atoms with Crippen LogP contribution in [0.5, 0.6) is 0 Å². The summed E-state index contributed by atoms with van der Waals surface area (Å²) in [6.45, 7) is 1.01. The minimum Gasteiger partial charge on any atom is -0.361 e. The number of rotatable bonds is 3. The highest BCUT2D eigenvalue weighted by Crippen LogP contribution is 2.27. The van der Waals surface area contributed by atoms with Gasteiger partial charge in [-0.2, -0.15) is 0 Å². The first kappa shape index (κ1) is 13.1. The van der Waals surface area contributed by atoms with Crippen LogP contribution < -0.4 is 10.2 Å². The molecular weight excluding hydrogens is 318 g/mol. The fraction of sp³-hybridized carbons (Fsp3) is 0.200. The standard InChI is InChI=1S/C15H14BrN3O/c16-12-5-6-14(17-9-12)18-10-15(20)19-8-7-11-3-1-2-4-13(11)19/h1-6,9H,7-8,10H2,(H,17,18). The SMILES string of the molecule is O=C(CNc1ccc(Br)cn1)N1CCc2ccccc21. The number of amides is 1. The van der Waals surface area contributed by atoms with E-state index in [1.54, 1.807) is 6.20 Å². The third-order valence-corrected chi connectivity index (χ3v) is 3.81. The van der Waals surface area contributed by atoms with Crippen molar-refractivity contribution in [2.24, 2.45) is 0 Å². The van der Waals surface area contributed by atoms with Gasteiger partial charge in [-0.05, 0) is 46.1 Å². The molecular formula is C15H14BrN3O. The predicted molar refractivity (Wildman–Crippen MR) is 82.9 cm³/mol. The molecule has 2 aromatic rings. The van der Waals surface area contributed by atoms with Crippen molar-refractivity contribution in [2.45, 2.75) is 6.42 Å². The number of nitrogens with one attached hydrogen (secondary N) is 1. The number of pyridine rings is 1. The average molecular weight is 332 g/mol. The van der Waals surface area contributed by atoms with Crippen LogP contribution in [0.3, 0.4) is 0 Å². The van der Waals surface area contributed by atoms with Crippen molar-refractivity contribution in [1.82, 2.24) is 4.98 Å².